The van der Waals surface area contributed by atoms with E-state index in [0.29, 0.717) is 12.5 Å². The summed E-state index contributed by atoms with van der Waals surface area (Å²) in [7, 11) is 3.29. The Labute approximate surface area is 193 Å². The molecule has 2 aromatic rings. The van der Waals surface area contributed by atoms with Crippen molar-refractivity contribution in [3.05, 3.63) is 35.3 Å². The Kier molecular flexibility index (Phi) is 8.38. The molecular weight excluding hydrogens is 501 g/mol. The van der Waals surface area contributed by atoms with Gasteiger partial charge in [-0.3, -0.25) is 4.99 Å². The average molecular weight is 531 g/mol. The van der Waals surface area contributed by atoms with Gasteiger partial charge in [0.1, 0.15) is 0 Å². The molecule has 1 aliphatic heterocycles. The number of aliphatic imine (C=N–C) groups is 1. The number of ether oxygens (including phenoxy) is 2. The largest absolute Gasteiger partial charge is 0.493 e. The lowest BCUT2D eigenvalue weighted by molar-refractivity contribution is 0.353. The molecule has 0 saturated carbocycles. The zero-order chi connectivity index (χ0) is 20.1. The zero-order valence-electron chi connectivity index (χ0n) is 17.4. The third-order valence-corrected chi connectivity index (χ3v) is 5.93. The third kappa shape index (κ3) is 5.65. The Morgan fingerprint density at radius 1 is 1.17 bits per heavy atom. The number of benzene rings is 1. The summed E-state index contributed by atoms with van der Waals surface area (Å²) in [6.45, 7) is 8.43. The number of aromatic nitrogens is 1. The van der Waals surface area contributed by atoms with Gasteiger partial charge >= 0.3 is 0 Å². The average Bonchev–Trinajstić information content (AvgIpc) is 3.26. The third-order valence-electron chi connectivity index (χ3n) is 5.09. The van der Waals surface area contributed by atoms with Crippen LogP contribution in [-0.4, -0.2) is 62.8 Å². The van der Waals surface area contributed by atoms with E-state index in [0.717, 1.165) is 48.4 Å². The minimum atomic E-state index is -0.174. The number of nitrogens with two attached hydrogens (primary N) is 1. The Bertz CT molecular complexity index is 805. The van der Waals surface area contributed by atoms with Gasteiger partial charge in [0, 0.05) is 43.2 Å². The van der Waals surface area contributed by atoms with Crippen molar-refractivity contribution in [3.63, 3.8) is 0 Å². The molecule has 1 aromatic carbocycles. The number of nitrogens with zero attached hydrogens (tertiary/aromatic N) is 4. The normalized spacial score (nSPS) is 15.1. The summed E-state index contributed by atoms with van der Waals surface area (Å²) in [6, 6.07) is 6.00. The molecule has 0 unspecified atom stereocenters. The standard InChI is InChI=1S/C20H29N5O2S.HI/c1-20(2,15-5-6-16(26-3)17(13-15)27-4)14-23-18(21)24-8-10-25(11-9-24)19-22-7-12-28-19;/h5-7,12-13H,8-11,14H2,1-4H3,(H2,21,23);1H. The van der Waals surface area contributed by atoms with Crippen molar-refractivity contribution in [1.82, 2.24) is 9.88 Å². The first-order valence-corrected chi connectivity index (χ1v) is 10.2. The number of thiazole rings is 1. The van der Waals surface area contributed by atoms with Crippen molar-refractivity contribution < 1.29 is 9.47 Å². The van der Waals surface area contributed by atoms with Crippen LogP contribution in [0.2, 0.25) is 0 Å². The van der Waals surface area contributed by atoms with Gasteiger partial charge in [-0.1, -0.05) is 19.9 Å². The number of methoxy groups -OCH3 is 2. The van der Waals surface area contributed by atoms with Gasteiger partial charge in [-0.15, -0.1) is 35.3 Å². The molecule has 0 bridgehead atoms. The van der Waals surface area contributed by atoms with Gasteiger partial charge in [-0.25, -0.2) is 4.98 Å². The van der Waals surface area contributed by atoms with Crippen LogP contribution in [0, 0.1) is 0 Å². The fraction of sp³-hybridized carbons (Fsp3) is 0.500. The first-order chi connectivity index (χ1) is 13.4. The smallest absolute Gasteiger partial charge is 0.191 e. The molecule has 2 heterocycles. The second-order valence-electron chi connectivity index (χ2n) is 7.42. The SMILES string of the molecule is COc1ccc(C(C)(C)CN=C(N)N2CCN(c3nccs3)CC2)cc1OC.I. The maximum atomic E-state index is 6.30. The van der Waals surface area contributed by atoms with Crippen LogP contribution in [0.3, 0.4) is 0 Å². The molecule has 0 radical (unpaired) electrons. The molecule has 1 aliphatic rings. The highest BCUT2D eigenvalue weighted by Crippen LogP contribution is 2.33. The lowest BCUT2D eigenvalue weighted by Gasteiger charge is -2.35. The van der Waals surface area contributed by atoms with Crippen molar-refractivity contribution in [1.29, 1.82) is 0 Å². The summed E-state index contributed by atoms with van der Waals surface area (Å²) in [4.78, 5) is 13.5. The Balaban J connectivity index is 0.00000300. The van der Waals surface area contributed by atoms with Crippen LogP contribution in [0.25, 0.3) is 0 Å². The summed E-state index contributed by atoms with van der Waals surface area (Å²) < 4.78 is 10.8. The maximum absolute atomic E-state index is 6.30. The molecular formula is C20H30IN5O2S. The zero-order valence-corrected chi connectivity index (χ0v) is 20.6. The van der Waals surface area contributed by atoms with Gasteiger partial charge in [0.05, 0.1) is 20.8 Å². The fourth-order valence-corrected chi connectivity index (χ4v) is 3.92. The van der Waals surface area contributed by atoms with Gasteiger partial charge in [0.25, 0.3) is 0 Å². The molecule has 0 amide bonds. The van der Waals surface area contributed by atoms with Crippen LogP contribution in [0.4, 0.5) is 5.13 Å². The highest BCUT2D eigenvalue weighted by molar-refractivity contribution is 14.0. The Hall–Kier alpha value is -1.75. The number of hydrogen-bond acceptors (Lipinski definition) is 6. The second-order valence-corrected chi connectivity index (χ2v) is 8.29. The minimum Gasteiger partial charge on any atom is -0.493 e. The molecule has 0 aliphatic carbocycles. The molecule has 9 heteroatoms. The van der Waals surface area contributed by atoms with Crippen LogP contribution in [0.15, 0.2) is 34.8 Å². The highest BCUT2D eigenvalue weighted by atomic mass is 127. The number of piperazine rings is 1. The van der Waals surface area contributed by atoms with Gasteiger partial charge in [0.15, 0.2) is 22.6 Å². The number of anilines is 1. The molecule has 29 heavy (non-hydrogen) atoms. The van der Waals surface area contributed by atoms with Crippen molar-refractivity contribution >= 4 is 46.4 Å². The van der Waals surface area contributed by atoms with E-state index in [4.69, 9.17) is 20.2 Å². The molecule has 1 fully saturated rings. The minimum absolute atomic E-state index is 0. The predicted molar refractivity (Wildman–Crippen MR) is 130 cm³/mol. The van der Waals surface area contributed by atoms with Gasteiger partial charge < -0.3 is 25.0 Å². The van der Waals surface area contributed by atoms with Crippen LogP contribution < -0.4 is 20.1 Å². The summed E-state index contributed by atoms with van der Waals surface area (Å²) in [5.74, 6) is 2.05. The molecule has 3 rings (SSSR count). The summed E-state index contributed by atoms with van der Waals surface area (Å²) in [6.07, 6.45) is 1.85. The Morgan fingerprint density at radius 2 is 1.86 bits per heavy atom. The number of halogens is 1. The summed E-state index contributed by atoms with van der Waals surface area (Å²) in [5.41, 5.74) is 7.26. The Morgan fingerprint density at radius 3 is 2.45 bits per heavy atom. The van der Waals surface area contributed by atoms with Gasteiger partial charge in [0.2, 0.25) is 0 Å². The second kappa shape index (κ2) is 10.3. The molecule has 1 saturated heterocycles. The van der Waals surface area contributed by atoms with Crippen molar-refractivity contribution in [2.75, 3.05) is 51.8 Å². The highest BCUT2D eigenvalue weighted by Gasteiger charge is 2.24. The van der Waals surface area contributed by atoms with E-state index in [1.807, 2.05) is 23.7 Å². The quantitative estimate of drug-likeness (QED) is 0.351. The number of hydrogen-bond donors (Lipinski definition) is 1. The molecule has 160 valence electrons. The van der Waals surface area contributed by atoms with Crippen LogP contribution >= 0.6 is 35.3 Å². The molecule has 0 atom stereocenters. The number of guanidine groups is 1. The van der Waals surface area contributed by atoms with Crippen molar-refractivity contribution in [2.24, 2.45) is 10.7 Å². The van der Waals surface area contributed by atoms with E-state index in [1.165, 1.54) is 0 Å². The van der Waals surface area contributed by atoms with E-state index in [2.05, 4.69) is 34.7 Å². The molecule has 2 N–H and O–H groups in total. The van der Waals surface area contributed by atoms with Gasteiger partial charge in [-0.05, 0) is 17.7 Å². The van der Waals surface area contributed by atoms with E-state index >= 15 is 0 Å². The van der Waals surface area contributed by atoms with E-state index < -0.39 is 0 Å². The topological polar surface area (TPSA) is 76.2 Å². The van der Waals surface area contributed by atoms with E-state index in [9.17, 15) is 0 Å². The van der Waals surface area contributed by atoms with Crippen molar-refractivity contribution in [2.45, 2.75) is 19.3 Å². The predicted octanol–water partition coefficient (Wildman–Crippen LogP) is 3.19. The molecule has 1 aromatic heterocycles. The maximum Gasteiger partial charge on any atom is 0.191 e. The van der Waals surface area contributed by atoms with Crippen LogP contribution in [-0.2, 0) is 5.41 Å². The lowest BCUT2D eigenvalue weighted by atomic mass is 9.84. The number of rotatable bonds is 6. The first-order valence-electron chi connectivity index (χ1n) is 9.36. The first kappa shape index (κ1) is 23.5. The molecule has 7 nitrogen and oxygen atoms in total. The summed E-state index contributed by atoms with van der Waals surface area (Å²) >= 11 is 1.67. The van der Waals surface area contributed by atoms with Crippen LogP contribution in [0.1, 0.15) is 19.4 Å². The van der Waals surface area contributed by atoms with Crippen LogP contribution in [0.5, 0.6) is 11.5 Å². The van der Waals surface area contributed by atoms with Crippen molar-refractivity contribution in [3.8, 4) is 11.5 Å². The molecule has 0 spiro atoms. The summed E-state index contributed by atoms with van der Waals surface area (Å²) in [5, 5.41) is 3.08. The lowest BCUT2D eigenvalue weighted by Crippen LogP contribution is -2.51. The van der Waals surface area contributed by atoms with E-state index in [-0.39, 0.29) is 29.4 Å². The van der Waals surface area contributed by atoms with Gasteiger partial charge in [-0.2, -0.15) is 0 Å². The van der Waals surface area contributed by atoms with E-state index in [1.54, 1.807) is 25.6 Å². The fourth-order valence-electron chi connectivity index (χ4n) is 3.23. The monoisotopic (exact) mass is 531 g/mol.